The molecular formula is C10H12ClNO4S2. The van der Waals surface area contributed by atoms with Crippen LogP contribution in [0.4, 0.5) is 0 Å². The summed E-state index contributed by atoms with van der Waals surface area (Å²) >= 11 is 6.73. The van der Waals surface area contributed by atoms with Crippen LogP contribution in [0.1, 0.15) is 12.8 Å². The lowest BCUT2D eigenvalue weighted by Crippen LogP contribution is -2.40. The van der Waals surface area contributed by atoms with Gasteiger partial charge in [-0.25, -0.2) is 8.42 Å². The first-order valence-corrected chi connectivity index (χ1v) is 7.95. The number of rotatable bonds is 3. The minimum atomic E-state index is -3.66. The van der Waals surface area contributed by atoms with E-state index in [0.717, 1.165) is 11.3 Å². The van der Waals surface area contributed by atoms with E-state index in [0.29, 0.717) is 23.7 Å². The highest BCUT2D eigenvalue weighted by atomic mass is 35.5. The fourth-order valence-electron chi connectivity index (χ4n) is 1.95. The Bertz CT molecular complexity index is 554. The molecule has 2 rings (SSSR count). The van der Waals surface area contributed by atoms with Crippen molar-refractivity contribution < 1.29 is 17.9 Å². The smallest absolute Gasteiger partial charge is 0.324 e. The SMILES string of the molecule is COC(=O)C1CCCN1S(=O)(=O)c1ccc(Cl)s1. The monoisotopic (exact) mass is 309 g/mol. The third kappa shape index (κ3) is 2.40. The number of halogens is 1. The van der Waals surface area contributed by atoms with Gasteiger partial charge in [-0.2, -0.15) is 4.31 Å². The van der Waals surface area contributed by atoms with Crippen LogP contribution in [-0.4, -0.2) is 38.4 Å². The van der Waals surface area contributed by atoms with E-state index in [-0.39, 0.29) is 4.21 Å². The van der Waals surface area contributed by atoms with Gasteiger partial charge < -0.3 is 4.74 Å². The number of methoxy groups -OCH3 is 1. The number of ether oxygens (including phenoxy) is 1. The van der Waals surface area contributed by atoms with Gasteiger partial charge in [0.1, 0.15) is 10.3 Å². The van der Waals surface area contributed by atoms with Gasteiger partial charge in [0.15, 0.2) is 0 Å². The Balaban J connectivity index is 2.32. The Hall–Kier alpha value is -0.630. The standard InChI is InChI=1S/C10H12ClNO4S2/c1-16-10(13)7-3-2-6-12(7)18(14,15)9-5-4-8(11)17-9/h4-5,7H,2-3,6H2,1H3. The fourth-order valence-corrected chi connectivity index (χ4v) is 5.21. The van der Waals surface area contributed by atoms with Crippen LogP contribution >= 0.6 is 22.9 Å². The topological polar surface area (TPSA) is 63.7 Å². The first-order chi connectivity index (χ1) is 8.46. The van der Waals surface area contributed by atoms with Crippen molar-refractivity contribution in [1.82, 2.24) is 4.31 Å². The highest BCUT2D eigenvalue weighted by molar-refractivity contribution is 7.91. The van der Waals surface area contributed by atoms with Crippen molar-refractivity contribution in [2.24, 2.45) is 0 Å². The second-order valence-electron chi connectivity index (χ2n) is 3.86. The van der Waals surface area contributed by atoms with Gasteiger partial charge in [-0.1, -0.05) is 11.6 Å². The molecule has 1 aromatic rings. The first-order valence-electron chi connectivity index (χ1n) is 5.32. The van der Waals surface area contributed by atoms with Crippen LogP contribution in [0.15, 0.2) is 16.3 Å². The molecular weight excluding hydrogens is 298 g/mol. The van der Waals surface area contributed by atoms with E-state index in [2.05, 4.69) is 4.74 Å². The number of esters is 1. The number of carbonyl (C=O) groups excluding carboxylic acids is 1. The molecule has 0 aliphatic carbocycles. The van der Waals surface area contributed by atoms with E-state index in [9.17, 15) is 13.2 Å². The van der Waals surface area contributed by atoms with Gasteiger partial charge in [0.2, 0.25) is 0 Å². The van der Waals surface area contributed by atoms with Gasteiger partial charge in [0.05, 0.1) is 11.4 Å². The van der Waals surface area contributed by atoms with Crippen molar-refractivity contribution in [1.29, 1.82) is 0 Å². The second kappa shape index (κ2) is 5.16. The molecule has 1 fully saturated rings. The zero-order chi connectivity index (χ0) is 13.3. The average Bonchev–Trinajstić information content (AvgIpc) is 2.96. The van der Waals surface area contributed by atoms with Crippen LogP contribution in [0.25, 0.3) is 0 Å². The van der Waals surface area contributed by atoms with Crippen molar-refractivity contribution in [3.63, 3.8) is 0 Å². The molecule has 1 atom stereocenters. The van der Waals surface area contributed by atoms with Crippen LogP contribution in [-0.2, 0) is 19.6 Å². The number of hydrogen-bond donors (Lipinski definition) is 0. The summed E-state index contributed by atoms with van der Waals surface area (Å²) in [7, 11) is -2.40. The maximum Gasteiger partial charge on any atom is 0.324 e. The molecule has 8 heteroatoms. The largest absolute Gasteiger partial charge is 0.468 e. The summed E-state index contributed by atoms with van der Waals surface area (Å²) in [5.41, 5.74) is 0. The molecule has 5 nitrogen and oxygen atoms in total. The fraction of sp³-hybridized carbons (Fsp3) is 0.500. The van der Waals surface area contributed by atoms with Gasteiger partial charge in [-0.05, 0) is 25.0 Å². The third-order valence-electron chi connectivity index (χ3n) is 2.79. The normalized spacial score (nSPS) is 21.1. The average molecular weight is 310 g/mol. The van der Waals surface area contributed by atoms with Crippen LogP contribution in [0.3, 0.4) is 0 Å². The molecule has 0 amide bonds. The zero-order valence-electron chi connectivity index (χ0n) is 9.63. The molecule has 0 aromatic carbocycles. The van der Waals surface area contributed by atoms with Crippen LogP contribution in [0.2, 0.25) is 4.34 Å². The summed E-state index contributed by atoms with van der Waals surface area (Å²) in [5, 5.41) is 0. The summed E-state index contributed by atoms with van der Waals surface area (Å²) in [5.74, 6) is -0.515. The molecule has 0 radical (unpaired) electrons. The molecule has 0 bridgehead atoms. The van der Waals surface area contributed by atoms with Crippen molar-refractivity contribution in [2.45, 2.75) is 23.1 Å². The Kier molecular flexibility index (Phi) is 3.96. The number of thiophene rings is 1. The van der Waals surface area contributed by atoms with E-state index in [1.807, 2.05) is 0 Å². The lowest BCUT2D eigenvalue weighted by atomic mass is 10.2. The molecule has 100 valence electrons. The quantitative estimate of drug-likeness (QED) is 0.798. The second-order valence-corrected chi connectivity index (χ2v) is 7.69. The lowest BCUT2D eigenvalue weighted by molar-refractivity contribution is -0.144. The number of nitrogens with zero attached hydrogens (tertiary/aromatic N) is 1. The Labute approximate surface area is 114 Å². The van der Waals surface area contributed by atoms with E-state index >= 15 is 0 Å². The summed E-state index contributed by atoms with van der Waals surface area (Å²) in [6.45, 7) is 0.331. The minimum Gasteiger partial charge on any atom is -0.468 e. The van der Waals surface area contributed by atoms with Crippen LogP contribution < -0.4 is 0 Å². The number of hydrogen-bond acceptors (Lipinski definition) is 5. The molecule has 2 heterocycles. The summed E-state index contributed by atoms with van der Waals surface area (Å²) in [6.07, 6.45) is 1.14. The van der Waals surface area contributed by atoms with Gasteiger partial charge in [0.25, 0.3) is 10.0 Å². The molecule has 0 saturated carbocycles. The third-order valence-corrected chi connectivity index (χ3v) is 6.40. The van der Waals surface area contributed by atoms with Gasteiger partial charge in [-0.3, -0.25) is 4.79 Å². The molecule has 1 aliphatic rings. The minimum absolute atomic E-state index is 0.156. The van der Waals surface area contributed by atoms with E-state index in [1.165, 1.54) is 23.5 Å². The Morgan fingerprint density at radius 1 is 1.56 bits per heavy atom. The highest BCUT2D eigenvalue weighted by Crippen LogP contribution is 2.32. The zero-order valence-corrected chi connectivity index (χ0v) is 12.0. The van der Waals surface area contributed by atoms with Crippen molar-refractivity contribution >= 4 is 38.9 Å². The van der Waals surface area contributed by atoms with Gasteiger partial charge in [0, 0.05) is 6.54 Å². The molecule has 18 heavy (non-hydrogen) atoms. The van der Waals surface area contributed by atoms with E-state index < -0.39 is 22.0 Å². The van der Waals surface area contributed by atoms with Crippen LogP contribution in [0.5, 0.6) is 0 Å². The molecule has 0 N–H and O–H groups in total. The Morgan fingerprint density at radius 2 is 2.28 bits per heavy atom. The van der Waals surface area contributed by atoms with Gasteiger partial charge >= 0.3 is 5.97 Å². The predicted octanol–water partition coefficient (Wildman–Crippen LogP) is 1.73. The van der Waals surface area contributed by atoms with Gasteiger partial charge in [-0.15, -0.1) is 11.3 Å². The summed E-state index contributed by atoms with van der Waals surface area (Å²) < 4.78 is 31.1. The van der Waals surface area contributed by atoms with Crippen molar-refractivity contribution in [2.75, 3.05) is 13.7 Å². The molecule has 1 aliphatic heterocycles. The maximum atomic E-state index is 12.3. The predicted molar refractivity (Wildman–Crippen MR) is 68.3 cm³/mol. The molecule has 1 unspecified atom stereocenters. The molecule has 1 saturated heterocycles. The maximum absolute atomic E-state index is 12.3. The first kappa shape index (κ1) is 13.8. The molecule has 1 aromatic heterocycles. The van der Waals surface area contributed by atoms with E-state index in [4.69, 9.17) is 11.6 Å². The highest BCUT2D eigenvalue weighted by Gasteiger charge is 2.40. The van der Waals surface area contributed by atoms with Crippen molar-refractivity contribution in [3.8, 4) is 0 Å². The van der Waals surface area contributed by atoms with Crippen LogP contribution in [0, 0.1) is 0 Å². The number of carbonyl (C=O) groups is 1. The summed E-state index contributed by atoms with van der Waals surface area (Å²) in [6, 6.07) is 2.26. The van der Waals surface area contributed by atoms with Crippen molar-refractivity contribution in [3.05, 3.63) is 16.5 Å². The summed E-state index contributed by atoms with van der Waals surface area (Å²) in [4.78, 5) is 11.6. The lowest BCUT2D eigenvalue weighted by Gasteiger charge is -2.21. The Morgan fingerprint density at radius 3 is 2.83 bits per heavy atom. The molecule has 0 spiro atoms. The number of sulfonamides is 1. The van der Waals surface area contributed by atoms with E-state index in [1.54, 1.807) is 0 Å².